The van der Waals surface area contributed by atoms with Gasteiger partial charge in [0.05, 0.1) is 16.8 Å². The molecule has 1 saturated carbocycles. The predicted octanol–water partition coefficient (Wildman–Crippen LogP) is 5.02. The summed E-state index contributed by atoms with van der Waals surface area (Å²) in [6, 6.07) is 5.24. The number of amides is 1. The number of nitrogens with one attached hydrogen (secondary N) is 2. The first kappa shape index (κ1) is 17.6. The summed E-state index contributed by atoms with van der Waals surface area (Å²) in [5.74, 6) is -0.0776. The molecule has 122 valence electrons. The van der Waals surface area contributed by atoms with Gasteiger partial charge in [-0.2, -0.15) is 0 Å². The molecule has 0 spiro atoms. The molecule has 1 fully saturated rings. The third kappa shape index (κ3) is 5.45. The third-order valence-electron chi connectivity index (χ3n) is 4.17. The molecular weight excluding hydrogens is 319 g/mol. The van der Waals surface area contributed by atoms with Crippen LogP contribution in [0.25, 0.3) is 0 Å². The van der Waals surface area contributed by atoms with Gasteiger partial charge in [0.2, 0.25) is 5.91 Å². The van der Waals surface area contributed by atoms with Gasteiger partial charge in [-0.15, -0.1) is 0 Å². The van der Waals surface area contributed by atoms with Gasteiger partial charge < -0.3 is 10.6 Å². The molecule has 2 rings (SSSR count). The first-order valence-electron chi connectivity index (χ1n) is 8.08. The lowest BCUT2D eigenvalue weighted by Gasteiger charge is -2.24. The first-order valence-corrected chi connectivity index (χ1v) is 8.84. The number of rotatable bonds is 4. The van der Waals surface area contributed by atoms with E-state index in [1.54, 1.807) is 18.2 Å². The molecule has 0 aromatic heterocycles. The number of carbonyl (C=O) groups excluding carboxylic acids is 1. The number of halogens is 2. The highest BCUT2D eigenvalue weighted by Crippen LogP contribution is 2.25. The van der Waals surface area contributed by atoms with Crippen molar-refractivity contribution < 1.29 is 4.79 Å². The molecule has 0 radical (unpaired) electrons. The normalized spacial score (nSPS) is 18.3. The van der Waals surface area contributed by atoms with E-state index in [9.17, 15) is 4.79 Å². The Hall–Kier alpha value is -0.770. The molecule has 1 aliphatic rings. The Morgan fingerprint density at radius 3 is 2.45 bits per heavy atom. The second-order valence-corrected chi connectivity index (χ2v) is 6.89. The van der Waals surface area contributed by atoms with E-state index in [2.05, 4.69) is 10.6 Å². The van der Waals surface area contributed by atoms with Crippen molar-refractivity contribution in [2.45, 2.75) is 64.0 Å². The summed E-state index contributed by atoms with van der Waals surface area (Å²) in [5, 5.41) is 7.36. The standard InChI is InChI=1S/C17H24Cl2N2O/c1-12(20-14-7-5-3-2-4-6-8-14)17(22)21-16-11-13(18)9-10-15(16)19/h9-12,14,20H,2-8H2,1H3,(H,21,22)/t12-/m0/s1. The molecule has 1 atom stereocenters. The maximum absolute atomic E-state index is 12.3. The van der Waals surface area contributed by atoms with E-state index in [1.807, 2.05) is 6.92 Å². The second-order valence-electron chi connectivity index (χ2n) is 6.04. The Balaban J connectivity index is 1.89. The molecule has 3 nitrogen and oxygen atoms in total. The highest BCUT2D eigenvalue weighted by Gasteiger charge is 2.19. The maximum Gasteiger partial charge on any atom is 0.241 e. The molecular formula is C17H24Cl2N2O. The minimum absolute atomic E-state index is 0.0776. The largest absolute Gasteiger partial charge is 0.323 e. The van der Waals surface area contributed by atoms with Gasteiger partial charge in [0.1, 0.15) is 0 Å². The van der Waals surface area contributed by atoms with Gasteiger partial charge >= 0.3 is 0 Å². The lowest BCUT2D eigenvalue weighted by molar-refractivity contribution is -0.118. The van der Waals surface area contributed by atoms with Gasteiger partial charge in [0.25, 0.3) is 0 Å². The first-order chi connectivity index (χ1) is 10.6. The zero-order valence-corrected chi connectivity index (χ0v) is 14.5. The lowest BCUT2D eigenvalue weighted by Crippen LogP contribution is -2.44. The average molecular weight is 343 g/mol. The van der Waals surface area contributed by atoms with Gasteiger partial charge in [-0.25, -0.2) is 0 Å². The van der Waals surface area contributed by atoms with Crippen molar-refractivity contribution in [3.05, 3.63) is 28.2 Å². The fourth-order valence-corrected chi connectivity index (χ4v) is 3.22. The minimum atomic E-state index is -0.250. The number of hydrogen-bond acceptors (Lipinski definition) is 2. The van der Waals surface area contributed by atoms with Gasteiger partial charge in [0, 0.05) is 11.1 Å². The molecule has 0 saturated heterocycles. The van der Waals surface area contributed by atoms with Crippen LogP contribution in [0, 0.1) is 0 Å². The monoisotopic (exact) mass is 342 g/mol. The maximum atomic E-state index is 12.3. The molecule has 0 unspecified atom stereocenters. The number of carbonyl (C=O) groups is 1. The number of benzene rings is 1. The Kier molecular flexibility index (Phi) is 7.00. The molecule has 22 heavy (non-hydrogen) atoms. The van der Waals surface area contributed by atoms with E-state index < -0.39 is 0 Å². The van der Waals surface area contributed by atoms with Crippen molar-refractivity contribution in [1.29, 1.82) is 0 Å². The highest BCUT2D eigenvalue weighted by atomic mass is 35.5. The van der Waals surface area contributed by atoms with Crippen molar-refractivity contribution in [2.75, 3.05) is 5.32 Å². The molecule has 1 aromatic carbocycles. The van der Waals surface area contributed by atoms with Gasteiger partial charge in [0.15, 0.2) is 0 Å². The zero-order valence-electron chi connectivity index (χ0n) is 13.0. The molecule has 5 heteroatoms. The van der Waals surface area contributed by atoms with Crippen LogP contribution in [0.2, 0.25) is 10.0 Å². The molecule has 2 N–H and O–H groups in total. The van der Waals surface area contributed by atoms with Crippen LogP contribution in [0.5, 0.6) is 0 Å². The summed E-state index contributed by atoms with van der Waals surface area (Å²) in [7, 11) is 0. The molecule has 1 amide bonds. The average Bonchev–Trinajstić information content (AvgIpc) is 2.45. The van der Waals surface area contributed by atoms with E-state index in [4.69, 9.17) is 23.2 Å². The van der Waals surface area contributed by atoms with Gasteiger partial charge in [-0.05, 0) is 38.0 Å². The number of hydrogen-bond donors (Lipinski definition) is 2. The van der Waals surface area contributed by atoms with E-state index in [-0.39, 0.29) is 11.9 Å². The van der Waals surface area contributed by atoms with E-state index in [1.165, 1.54) is 32.1 Å². The van der Waals surface area contributed by atoms with Crippen LogP contribution in [0.1, 0.15) is 51.9 Å². The van der Waals surface area contributed by atoms with E-state index in [0.29, 0.717) is 21.8 Å². The van der Waals surface area contributed by atoms with E-state index >= 15 is 0 Å². The lowest BCUT2D eigenvalue weighted by atomic mass is 9.96. The van der Waals surface area contributed by atoms with Crippen molar-refractivity contribution in [3.8, 4) is 0 Å². The van der Waals surface area contributed by atoms with Crippen LogP contribution < -0.4 is 10.6 Å². The van der Waals surface area contributed by atoms with Crippen LogP contribution >= 0.6 is 23.2 Å². The summed E-state index contributed by atoms with van der Waals surface area (Å²) >= 11 is 12.0. The summed E-state index contributed by atoms with van der Waals surface area (Å²) in [6.07, 6.45) is 8.73. The number of anilines is 1. The smallest absolute Gasteiger partial charge is 0.241 e. The van der Waals surface area contributed by atoms with Crippen LogP contribution in [0.3, 0.4) is 0 Å². The Morgan fingerprint density at radius 1 is 1.14 bits per heavy atom. The van der Waals surface area contributed by atoms with Crippen molar-refractivity contribution in [1.82, 2.24) is 5.32 Å². The fourth-order valence-electron chi connectivity index (χ4n) is 2.89. The van der Waals surface area contributed by atoms with Crippen LogP contribution in [0.4, 0.5) is 5.69 Å². The molecule has 1 aliphatic carbocycles. The quantitative estimate of drug-likeness (QED) is 0.806. The third-order valence-corrected chi connectivity index (χ3v) is 4.74. The highest BCUT2D eigenvalue weighted by molar-refractivity contribution is 6.35. The van der Waals surface area contributed by atoms with Crippen molar-refractivity contribution >= 4 is 34.8 Å². The summed E-state index contributed by atoms with van der Waals surface area (Å²) in [4.78, 5) is 12.3. The second kappa shape index (κ2) is 8.76. The molecule has 0 bridgehead atoms. The van der Waals surface area contributed by atoms with E-state index in [0.717, 1.165) is 12.8 Å². The Bertz CT molecular complexity index is 499. The zero-order chi connectivity index (χ0) is 15.9. The Morgan fingerprint density at radius 2 is 1.77 bits per heavy atom. The van der Waals surface area contributed by atoms with Gasteiger partial charge in [-0.1, -0.05) is 55.3 Å². The van der Waals surface area contributed by atoms with Crippen LogP contribution in [-0.2, 0) is 4.79 Å². The summed E-state index contributed by atoms with van der Waals surface area (Å²) in [5.41, 5.74) is 0.561. The predicted molar refractivity (Wildman–Crippen MR) is 93.8 cm³/mol. The fraction of sp³-hybridized carbons (Fsp3) is 0.588. The summed E-state index contributed by atoms with van der Waals surface area (Å²) in [6.45, 7) is 1.90. The molecule has 1 aromatic rings. The van der Waals surface area contributed by atoms with Gasteiger partial charge in [-0.3, -0.25) is 4.79 Å². The SMILES string of the molecule is C[C@H](NC1CCCCCCC1)C(=O)Nc1cc(Cl)ccc1Cl. The molecule has 0 heterocycles. The van der Waals surface area contributed by atoms with Crippen LogP contribution in [-0.4, -0.2) is 18.0 Å². The Labute approximate surface area is 142 Å². The van der Waals surface area contributed by atoms with Crippen LogP contribution in [0.15, 0.2) is 18.2 Å². The van der Waals surface area contributed by atoms with Crippen molar-refractivity contribution in [3.63, 3.8) is 0 Å². The minimum Gasteiger partial charge on any atom is -0.323 e. The summed E-state index contributed by atoms with van der Waals surface area (Å²) < 4.78 is 0. The van der Waals surface area contributed by atoms with Crippen molar-refractivity contribution in [2.24, 2.45) is 0 Å². The molecule has 0 aliphatic heterocycles. The topological polar surface area (TPSA) is 41.1 Å².